The van der Waals surface area contributed by atoms with Crippen LogP contribution in [0, 0.1) is 0 Å². The molecule has 7 unspecified atom stereocenters. The van der Waals surface area contributed by atoms with E-state index in [2.05, 4.69) is 12.2 Å². The van der Waals surface area contributed by atoms with Crippen LogP contribution in [-0.4, -0.2) is 87.5 Å². The van der Waals surface area contributed by atoms with Gasteiger partial charge in [0.15, 0.2) is 6.29 Å². The highest BCUT2D eigenvalue weighted by atomic mass is 16.7. The molecule has 1 amide bonds. The molecule has 0 spiro atoms. The van der Waals surface area contributed by atoms with Gasteiger partial charge in [0, 0.05) is 6.92 Å². The number of ether oxygens (including phenoxy) is 2. The lowest BCUT2D eigenvalue weighted by atomic mass is 9.99. The molecule has 1 fully saturated rings. The lowest BCUT2D eigenvalue weighted by Gasteiger charge is -2.40. The summed E-state index contributed by atoms with van der Waals surface area (Å²) < 4.78 is 10.8. The average molecular weight is 588 g/mol. The quantitative estimate of drug-likeness (QED) is 0.0685. The molecule has 0 bridgehead atoms. The lowest BCUT2D eigenvalue weighted by Crippen LogP contribution is -2.60. The highest BCUT2D eigenvalue weighted by Gasteiger charge is 2.44. The van der Waals surface area contributed by atoms with Crippen LogP contribution in [0.4, 0.5) is 0 Å². The van der Waals surface area contributed by atoms with Gasteiger partial charge in [-0.3, -0.25) is 4.79 Å². The molecule has 9 nitrogen and oxygen atoms in total. The Labute approximate surface area is 248 Å². The summed E-state index contributed by atoms with van der Waals surface area (Å²) in [5.41, 5.74) is 0. The summed E-state index contributed by atoms with van der Waals surface area (Å²) in [6.07, 6.45) is 18.9. The van der Waals surface area contributed by atoms with E-state index >= 15 is 0 Å². The highest BCUT2D eigenvalue weighted by Crippen LogP contribution is 2.22. The number of hydrogen-bond acceptors (Lipinski definition) is 8. The summed E-state index contributed by atoms with van der Waals surface area (Å²) in [7, 11) is 0. The number of rotatable bonds is 25. The van der Waals surface area contributed by atoms with Gasteiger partial charge in [-0.05, 0) is 12.8 Å². The first kappa shape index (κ1) is 38.0. The number of unbranched alkanes of at least 4 members (excludes halogenated alkanes) is 17. The summed E-state index contributed by atoms with van der Waals surface area (Å²) in [5.74, 6) is -0.354. The fraction of sp³-hybridized carbons (Fsp3) is 0.906. The average Bonchev–Trinajstić information content (AvgIpc) is 2.95. The Morgan fingerprint density at radius 2 is 1.29 bits per heavy atom. The summed E-state index contributed by atoms with van der Waals surface area (Å²) in [6, 6.07) is -0.799. The van der Waals surface area contributed by atoms with Crippen molar-refractivity contribution in [3.63, 3.8) is 0 Å². The van der Waals surface area contributed by atoms with Gasteiger partial charge >= 0.3 is 0 Å². The van der Waals surface area contributed by atoms with Crippen molar-refractivity contribution in [2.24, 2.45) is 0 Å². The predicted molar refractivity (Wildman–Crippen MR) is 161 cm³/mol. The van der Waals surface area contributed by atoms with Crippen LogP contribution in [0.5, 0.6) is 0 Å². The standard InChI is InChI=1S/C32H61NO8/c1-3-4-5-6-7-8-9-10-11-12-13-14-15-16-17-18-19-20-21-22-27(36)26(33-25(2)35)24-40-32-31(39)30(38)29(37)28(23-34)41-32/h21-22,26-32,34,36-39H,3-20,23-24H2,1-2H3,(H,33,35)/b22-21+. The number of amides is 1. The lowest BCUT2D eigenvalue weighted by molar-refractivity contribution is -0.302. The van der Waals surface area contributed by atoms with E-state index in [1.807, 2.05) is 6.08 Å². The Hall–Kier alpha value is -1.07. The van der Waals surface area contributed by atoms with Crippen LogP contribution in [0.25, 0.3) is 0 Å². The van der Waals surface area contributed by atoms with Crippen LogP contribution in [0.3, 0.4) is 0 Å². The molecular weight excluding hydrogens is 526 g/mol. The van der Waals surface area contributed by atoms with Crippen molar-refractivity contribution in [1.29, 1.82) is 0 Å². The van der Waals surface area contributed by atoms with E-state index in [0.717, 1.165) is 19.3 Å². The molecule has 0 aromatic rings. The predicted octanol–water partition coefficient (Wildman–Crippen LogP) is 4.27. The molecule has 7 atom stereocenters. The number of aliphatic hydroxyl groups is 5. The zero-order chi connectivity index (χ0) is 30.3. The first-order valence-corrected chi connectivity index (χ1v) is 16.4. The van der Waals surface area contributed by atoms with E-state index < -0.39 is 49.5 Å². The molecule has 0 saturated carbocycles. The minimum atomic E-state index is -1.56. The van der Waals surface area contributed by atoms with E-state index in [4.69, 9.17) is 9.47 Å². The Morgan fingerprint density at radius 1 is 0.805 bits per heavy atom. The maximum atomic E-state index is 11.6. The van der Waals surface area contributed by atoms with Gasteiger partial charge in [-0.1, -0.05) is 122 Å². The minimum absolute atomic E-state index is 0.201. The topological polar surface area (TPSA) is 149 Å². The first-order valence-electron chi connectivity index (χ1n) is 16.4. The van der Waals surface area contributed by atoms with Gasteiger partial charge in [-0.15, -0.1) is 0 Å². The molecule has 1 aliphatic rings. The molecule has 1 aliphatic heterocycles. The van der Waals surface area contributed by atoms with Crippen LogP contribution in [0.1, 0.15) is 129 Å². The van der Waals surface area contributed by atoms with E-state index in [-0.39, 0.29) is 12.5 Å². The summed E-state index contributed by atoms with van der Waals surface area (Å²) in [5, 5.41) is 52.4. The molecule has 1 heterocycles. The van der Waals surface area contributed by atoms with Gasteiger partial charge in [0.2, 0.25) is 5.91 Å². The van der Waals surface area contributed by atoms with Gasteiger partial charge < -0.3 is 40.3 Å². The third-order valence-electron chi connectivity index (χ3n) is 7.90. The van der Waals surface area contributed by atoms with E-state index in [9.17, 15) is 30.3 Å². The van der Waals surface area contributed by atoms with Gasteiger partial charge in [-0.25, -0.2) is 0 Å². The summed E-state index contributed by atoms with van der Waals surface area (Å²) >= 11 is 0. The Morgan fingerprint density at radius 3 is 1.76 bits per heavy atom. The van der Waals surface area contributed by atoms with Gasteiger partial charge in [-0.2, -0.15) is 0 Å². The van der Waals surface area contributed by atoms with Gasteiger partial charge in [0.05, 0.1) is 25.4 Å². The van der Waals surface area contributed by atoms with E-state index in [1.54, 1.807) is 6.08 Å². The highest BCUT2D eigenvalue weighted by molar-refractivity contribution is 5.73. The fourth-order valence-corrected chi connectivity index (χ4v) is 5.25. The number of allylic oxidation sites excluding steroid dienone is 1. The second kappa shape index (κ2) is 24.4. The second-order valence-corrected chi connectivity index (χ2v) is 11.7. The molecule has 0 aliphatic carbocycles. The van der Waals surface area contributed by atoms with E-state index in [1.165, 1.54) is 103 Å². The van der Waals surface area contributed by atoms with Crippen molar-refractivity contribution in [3.05, 3.63) is 12.2 Å². The molecule has 242 valence electrons. The minimum Gasteiger partial charge on any atom is -0.394 e. The maximum absolute atomic E-state index is 11.6. The zero-order valence-corrected chi connectivity index (χ0v) is 25.8. The number of aliphatic hydroxyl groups excluding tert-OH is 5. The second-order valence-electron chi connectivity index (χ2n) is 11.7. The van der Waals surface area contributed by atoms with E-state index in [0.29, 0.717) is 0 Å². The van der Waals surface area contributed by atoms with Crippen molar-refractivity contribution in [2.75, 3.05) is 13.2 Å². The maximum Gasteiger partial charge on any atom is 0.217 e. The normalized spacial score (nSPS) is 24.5. The fourth-order valence-electron chi connectivity index (χ4n) is 5.25. The van der Waals surface area contributed by atoms with Crippen molar-refractivity contribution in [3.8, 4) is 0 Å². The Bertz CT molecular complexity index is 662. The zero-order valence-electron chi connectivity index (χ0n) is 25.8. The Balaban J connectivity index is 2.12. The van der Waals surface area contributed by atoms with Gasteiger partial charge in [0.25, 0.3) is 0 Å². The Kier molecular flexibility index (Phi) is 22.6. The third-order valence-corrected chi connectivity index (χ3v) is 7.90. The van der Waals surface area contributed by atoms with Crippen LogP contribution in [0.2, 0.25) is 0 Å². The number of carbonyl (C=O) groups is 1. The molecule has 0 aromatic carbocycles. The largest absolute Gasteiger partial charge is 0.394 e. The molecule has 9 heteroatoms. The SMILES string of the molecule is CCCCCCCCCCCCCCCCCCC/C=C/C(O)C(COC1OC(CO)C(O)C(O)C1O)NC(C)=O. The molecule has 0 aromatic heterocycles. The van der Waals surface area contributed by atoms with Gasteiger partial charge in [0.1, 0.15) is 24.4 Å². The molecule has 6 N–H and O–H groups in total. The van der Waals surface area contributed by atoms with Crippen LogP contribution >= 0.6 is 0 Å². The molecule has 1 saturated heterocycles. The van der Waals surface area contributed by atoms with Crippen LogP contribution in [-0.2, 0) is 14.3 Å². The number of nitrogens with one attached hydrogen (secondary N) is 1. The molecule has 41 heavy (non-hydrogen) atoms. The molecular formula is C32H61NO8. The smallest absolute Gasteiger partial charge is 0.217 e. The van der Waals surface area contributed by atoms with Crippen molar-refractivity contribution in [2.45, 2.75) is 172 Å². The third kappa shape index (κ3) is 17.6. The van der Waals surface area contributed by atoms with Crippen molar-refractivity contribution < 1.29 is 39.8 Å². The first-order chi connectivity index (χ1) is 19.8. The monoisotopic (exact) mass is 587 g/mol. The summed E-state index contributed by atoms with van der Waals surface area (Å²) in [4.78, 5) is 11.6. The van der Waals surface area contributed by atoms with Crippen molar-refractivity contribution in [1.82, 2.24) is 5.32 Å². The number of carbonyl (C=O) groups excluding carboxylic acids is 1. The van der Waals surface area contributed by atoms with Crippen LogP contribution < -0.4 is 5.32 Å². The van der Waals surface area contributed by atoms with Crippen molar-refractivity contribution >= 4 is 5.91 Å². The summed E-state index contributed by atoms with van der Waals surface area (Å²) in [6.45, 7) is 2.83. The number of hydrogen-bond donors (Lipinski definition) is 6. The van der Waals surface area contributed by atoms with Crippen LogP contribution in [0.15, 0.2) is 12.2 Å². The molecule has 0 radical (unpaired) electrons. The molecule has 1 rings (SSSR count).